The lowest BCUT2D eigenvalue weighted by molar-refractivity contribution is -0.136. The second-order valence-electron chi connectivity index (χ2n) is 7.54. The molecule has 2 fully saturated rings. The molecule has 7 nitrogen and oxygen atoms in total. The first kappa shape index (κ1) is 18.1. The summed E-state index contributed by atoms with van der Waals surface area (Å²) in [5.74, 6) is -0.704. The van der Waals surface area contributed by atoms with Crippen molar-refractivity contribution in [1.82, 2.24) is 20.4 Å². The van der Waals surface area contributed by atoms with E-state index in [1.54, 1.807) is 4.90 Å². The number of nitrogens with zero attached hydrogens (tertiary/aromatic N) is 2. The number of piperazine rings is 1. The van der Waals surface area contributed by atoms with E-state index in [1.165, 1.54) is 5.56 Å². The molecule has 1 atom stereocenters. The monoisotopic (exact) mass is 370 g/mol. The number of amides is 3. The first-order valence-corrected chi connectivity index (χ1v) is 9.82. The van der Waals surface area contributed by atoms with Crippen LogP contribution < -0.4 is 10.6 Å². The molecule has 2 saturated heterocycles. The smallest absolute Gasteiger partial charge is 0.255 e. The van der Waals surface area contributed by atoms with Crippen molar-refractivity contribution in [2.24, 2.45) is 0 Å². The number of aryl methyl sites for hydroxylation is 1. The first-order chi connectivity index (χ1) is 13.1. The minimum Gasteiger partial charge on any atom is -0.322 e. The molecule has 3 aliphatic heterocycles. The van der Waals surface area contributed by atoms with Gasteiger partial charge < -0.3 is 15.1 Å². The average Bonchev–Trinajstić information content (AvgIpc) is 3.00. The summed E-state index contributed by atoms with van der Waals surface area (Å²) >= 11 is 0. The summed E-state index contributed by atoms with van der Waals surface area (Å²) in [4.78, 5) is 40.5. The van der Waals surface area contributed by atoms with Gasteiger partial charge in [0, 0.05) is 44.7 Å². The van der Waals surface area contributed by atoms with Gasteiger partial charge in [0.15, 0.2) is 0 Å². The van der Waals surface area contributed by atoms with E-state index >= 15 is 0 Å². The van der Waals surface area contributed by atoms with Crippen LogP contribution in [0.15, 0.2) is 18.2 Å². The molecular formula is C20H26N4O3. The number of carbonyl (C=O) groups excluding carboxylic acids is 3. The van der Waals surface area contributed by atoms with Gasteiger partial charge in [0.05, 0.1) is 0 Å². The molecule has 27 heavy (non-hydrogen) atoms. The number of carbonyl (C=O) groups is 3. The van der Waals surface area contributed by atoms with Crippen LogP contribution in [0, 0.1) is 0 Å². The number of imide groups is 1. The van der Waals surface area contributed by atoms with Crippen molar-refractivity contribution in [2.75, 3.05) is 32.7 Å². The van der Waals surface area contributed by atoms with Crippen LogP contribution in [0.25, 0.3) is 0 Å². The highest BCUT2D eigenvalue weighted by Gasteiger charge is 2.39. The molecule has 1 unspecified atom stereocenters. The standard InChI is InChI=1S/C20H26N4O3/c25-18-7-6-17(19(26)22-18)24-13-16-14(3-1-5-15(16)20(24)27)4-2-10-23-11-8-21-9-12-23/h1,3,5,17,21H,2,4,6-13H2,(H,22,25,26). The Morgan fingerprint density at radius 3 is 2.70 bits per heavy atom. The van der Waals surface area contributed by atoms with Gasteiger partial charge in [0.25, 0.3) is 5.91 Å². The highest BCUT2D eigenvalue weighted by Crippen LogP contribution is 2.30. The second kappa shape index (κ2) is 7.78. The van der Waals surface area contributed by atoms with Crippen molar-refractivity contribution in [3.63, 3.8) is 0 Å². The van der Waals surface area contributed by atoms with E-state index in [0.29, 0.717) is 18.5 Å². The molecule has 0 bridgehead atoms. The zero-order valence-corrected chi connectivity index (χ0v) is 15.5. The van der Waals surface area contributed by atoms with Gasteiger partial charge >= 0.3 is 0 Å². The van der Waals surface area contributed by atoms with Gasteiger partial charge in [0.2, 0.25) is 11.8 Å². The highest BCUT2D eigenvalue weighted by molar-refractivity contribution is 6.05. The highest BCUT2D eigenvalue weighted by atomic mass is 16.2. The van der Waals surface area contributed by atoms with Crippen molar-refractivity contribution >= 4 is 17.7 Å². The molecular weight excluding hydrogens is 344 g/mol. The molecule has 1 aromatic carbocycles. The maximum Gasteiger partial charge on any atom is 0.255 e. The van der Waals surface area contributed by atoms with Gasteiger partial charge in [-0.2, -0.15) is 0 Å². The van der Waals surface area contributed by atoms with Gasteiger partial charge in [-0.15, -0.1) is 0 Å². The summed E-state index contributed by atoms with van der Waals surface area (Å²) in [6.45, 7) is 5.82. The van der Waals surface area contributed by atoms with Crippen molar-refractivity contribution in [2.45, 2.75) is 38.3 Å². The second-order valence-corrected chi connectivity index (χ2v) is 7.54. The van der Waals surface area contributed by atoms with Gasteiger partial charge in [-0.1, -0.05) is 12.1 Å². The lowest BCUT2D eigenvalue weighted by atomic mass is 9.99. The lowest BCUT2D eigenvalue weighted by Crippen LogP contribution is -2.52. The number of nitrogens with one attached hydrogen (secondary N) is 2. The third kappa shape index (κ3) is 3.75. The SMILES string of the molecule is O=C1CCC(N2Cc3c(CCCN4CCNCC4)cccc3C2=O)C(=O)N1. The van der Waals surface area contributed by atoms with Crippen LogP contribution in [0.4, 0.5) is 0 Å². The Labute approximate surface area is 159 Å². The predicted octanol–water partition coefficient (Wildman–Crippen LogP) is 0.285. The summed E-state index contributed by atoms with van der Waals surface area (Å²) < 4.78 is 0. The van der Waals surface area contributed by atoms with E-state index in [2.05, 4.69) is 21.6 Å². The summed E-state index contributed by atoms with van der Waals surface area (Å²) in [5, 5.41) is 5.72. The molecule has 0 saturated carbocycles. The minimum absolute atomic E-state index is 0.0940. The van der Waals surface area contributed by atoms with Crippen molar-refractivity contribution in [1.29, 1.82) is 0 Å². The van der Waals surface area contributed by atoms with E-state index < -0.39 is 6.04 Å². The van der Waals surface area contributed by atoms with Crippen molar-refractivity contribution in [3.8, 4) is 0 Å². The Kier molecular flexibility index (Phi) is 5.22. The summed E-state index contributed by atoms with van der Waals surface area (Å²) in [6.07, 6.45) is 2.68. The third-order valence-electron chi connectivity index (χ3n) is 5.81. The summed E-state index contributed by atoms with van der Waals surface area (Å²) in [7, 11) is 0. The molecule has 3 heterocycles. The number of rotatable bonds is 5. The molecule has 1 aromatic rings. The van der Waals surface area contributed by atoms with Crippen LogP contribution in [0.3, 0.4) is 0 Å². The maximum absolute atomic E-state index is 12.8. The van der Waals surface area contributed by atoms with Crippen molar-refractivity contribution in [3.05, 3.63) is 34.9 Å². The summed E-state index contributed by atoms with van der Waals surface area (Å²) in [6, 6.07) is 5.34. The molecule has 0 spiro atoms. The fraction of sp³-hybridized carbons (Fsp3) is 0.550. The van der Waals surface area contributed by atoms with Crippen LogP contribution in [0.2, 0.25) is 0 Å². The average molecular weight is 370 g/mol. The van der Waals surface area contributed by atoms with Gasteiger partial charge in [-0.25, -0.2) is 0 Å². The molecule has 3 amide bonds. The van der Waals surface area contributed by atoms with Crippen LogP contribution in [-0.4, -0.2) is 66.3 Å². The first-order valence-electron chi connectivity index (χ1n) is 9.82. The van der Waals surface area contributed by atoms with E-state index in [0.717, 1.165) is 51.1 Å². The van der Waals surface area contributed by atoms with E-state index in [4.69, 9.17) is 0 Å². The lowest BCUT2D eigenvalue weighted by Gasteiger charge is -2.29. The van der Waals surface area contributed by atoms with Gasteiger partial charge in [0.1, 0.15) is 6.04 Å². The Morgan fingerprint density at radius 1 is 1.11 bits per heavy atom. The quantitative estimate of drug-likeness (QED) is 0.728. The Bertz CT molecular complexity index is 758. The fourth-order valence-electron chi connectivity index (χ4n) is 4.31. The molecule has 4 rings (SSSR count). The molecule has 2 N–H and O–H groups in total. The number of hydrogen-bond donors (Lipinski definition) is 2. The fourth-order valence-corrected chi connectivity index (χ4v) is 4.31. The van der Waals surface area contributed by atoms with Crippen LogP contribution in [-0.2, 0) is 22.6 Å². The number of hydrogen-bond acceptors (Lipinski definition) is 5. The van der Waals surface area contributed by atoms with Gasteiger partial charge in [-0.3, -0.25) is 19.7 Å². The van der Waals surface area contributed by atoms with Gasteiger partial charge in [-0.05, 0) is 43.0 Å². The molecule has 0 aliphatic carbocycles. The number of piperidine rings is 1. The largest absolute Gasteiger partial charge is 0.322 e. The zero-order valence-electron chi connectivity index (χ0n) is 15.5. The van der Waals surface area contributed by atoms with Crippen LogP contribution in [0.5, 0.6) is 0 Å². The van der Waals surface area contributed by atoms with E-state index in [1.807, 2.05) is 12.1 Å². The molecule has 0 radical (unpaired) electrons. The van der Waals surface area contributed by atoms with E-state index in [-0.39, 0.29) is 24.1 Å². The maximum atomic E-state index is 12.8. The topological polar surface area (TPSA) is 81.8 Å². The Balaban J connectivity index is 1.42. The molecule has 144 valence electrons. The third-order valence-corrected chi connectivity index (χ3v) is 5.81. The number of benzene rings is 1. The van der Waals surface area contributed by atoms with Crippen LogP contribution >= 0.6 is 0 Å². The number of fused-ring (bicyclic) bond motifs is 1. The Morgan fingerprint density at radius 2 is 1.93 bits per heavy atom. The molecule has 3 aliphatic rings. The Hall–Kier alpha value is -2.25. The van der Waals surface area contributed by atoms with Crippen molar-refractivity contribution < 1.29 is 14.4 Å². The molecule has 7 heteroatoms. The summed E-state index contributed by atoms with van der Waals surface area (Å²) in [5.41, 5.74) is 2.96. The van der Waals surface area contributed by atoms with E-state index in [9.17, 15) is 14.4 Å². The minimum atomic E-state index is -0.545. The molecule has 0 aromatic heterocycles. The predicted molar refractivity (Wildman–Crippen MR) is 100 cm³/mol. The normalized spacial score (nSPS) is 23.5. The zero-order chi connectivity index (χ0) is 18.8. The van der Waals surface area contributed by atoms with Crippen LogP contribution in [0.1, 0.15) is 40.7 Å².